The minimum Gasteiger partial charge on any atom is -0.504 e. The van der Waals surface area contributed by atoms with Gasteiger partial charge in [0.1, 0.15) is 11.7 Å². The highest BCUT2D eigenvalue weighted by Gasteiger charge is 2.36. The average molecular weight is 290 g/mol. The Morgan fingerprint density at radius 1 is 1.44 bits per heavy atom. The maximum Gasteiger partial charge on any atom is 0.343 e. The van der Waals surface area contributed by atoms with Crippen molar-refractivity contribution < 1.29 is 19.7 Å². The second-order valence-electron chi connectivity index (χ2n) is 3.58. The van der Waals surface area contributed by atoms with Crippen molar-refractivity contribution in [3.05, 3.63) is 23.3 Å². The molecule has 0 radical (unpaired) electrons. The Kier molecular flexibility index (Phi) is 3.44. The third kappa shape index (κ3) is 1.74. The van der Waals surface area contributed by atoms with E-state index in [4.69, 9.17) is 10.5 Å². The summed E-state index contributed by atoms with van der Waals surface area (Å²) >= 11 is 0. The van der Waals surface area contributed by atoms with Crippen molar-refractivity contribution in [2.24, 2.45) is 5.73 Å². The number of benzene rings is 1. The molecule has 0 saturated heterocycles. The summed E-state index contributed by atoms with van der Waals surface area (Å²) in [6.07, 6.45) is -0.556. The number of carbonyl (C=O) groups is 1. The minimum absolute atomic E-state index is 0. The fourth-order valence-electron chi connectivity index (χ4n) is 1.68. The quantitative estimate of drug-likeness (QED) is 0.534. The number of esters is 1. The number of hydrogen-bond donors (Lipinski definition) is 3. The van der Waals surface area contributed by atoms with Crippen molar-refractivity contribution in [3.63, 3.8) is 0 Å². The number of phenolic OH excluding ortho intramolecular Hbond substituents is 2. The average Bonchev–Trinajstić information content (AvgIpc) is 2.50. The summed E-state index contributed by atoms with van der Waals surface area (Å²) in [4.78, 5) is 11.4. The molecule has 16 heavy (non-hydrogen) atoms. The molecule has 1 heterocycles. The summed E-state index contributed by atoms with van der Waals surface area (Å²) in [6, 6.07) is 2.48. The third-order valence-corrected chi connectivity index (χ3v) is 2.41. The van der Waals surface area contributed by atoms with Gasteiger partial charge in [-0.15, -0.1) is 17.0 Å². The molecule has 0 spiro atoms. The van der Waals surface area contributed by atoms with Crippen LogP contribution in [0.25, 0.3) is 0 Å². The van der Waals surface area contributed by atoms with Gasteiger partial charge in [-0.05, 0) is 13.0 Å². The number of cyclic esters (lactones) is 1. The van der Waals surface area contributed by atoms with Crippen LogP contribution in [0.15, 0.2) is 12.1 Å². The zero-order chi connectivity index (χ0) is 11.2. The molecule has 88 valence electrons. The Bertz CT molecular complexity index is 433. The van der Waals surface area contributed by atoms with E-state index in [0.29, 0.717) is 5.56 Å². The van der Waals surface area contributed by atoms with Crippen molar-refractivity contribution in [1.82, 2.24) is 0 Å². The molecular weight excluding hydrogens is 278 g/mol. The predicted molar refractivity (Wildman–Crippen MR) is 61.9 cm³/mol. The first-order valence-electron chi connectivity index (χ1n) is 4.53. The van der Waals surface area contributed by atoms with E-state index in [2.05, 4.69) is 0 Å². The maximum absolute atomic E-state index is 11.4. The fourth-order valence-corrected chi connectivity index (χ4v) is 1.68. The van der Waals surface area contributed by atoms with Crippen LogP contribution in [-0.2, 0) is 4.74 Å². The summed E-state index contributed by atoms with van der Waals surface area (Å²) in [5.74, 6) is -1.43. The summed E-state index contributed by atoms with van der Waals surface area (Å²) < 4.78 is 4.99. The van der Waals surface area contributed by atoms with Crippen LogP contribution in [0, 0.1) is 0 Å². The normalized spacial score (nSPS) is 19.6. The molecule has 1 aromatic carbocycles. The monoisotopic (exact) mass is 289 g/mol. The van der Waals surface area contributed by atoms with Crippen LogP contribution >= 0.6 is 17.0 Å². The molecular formula is C10H12BrNO4. The zero-order valence-corrected chi connectivity index (χ0v) is 10.2. The molecule has 0 aliphatic carbocycles. The van der Waals surface area contributed by atoms with Gasteiger partial charge >= 0.3 is 5.97 Å². The zero-order valence-electron chi connectivity index (χ0n) is 8.51. The van der Waals surface area contributed by atoms with Crippen LogP contribution in [0.5, 0.6) is 11.5 Å². The summed E-state index contributed by atoms with van der Waals surface area (Å²) in [6.45, 7) is 1.71. The highest BCUT2D eigenvalue weighted by atomic mass is 79.9. The summed E-state index contributed by atoms with van der Waals surface area (Å²) in [5.41, 5.74) is 6.17. The van der Waals surface area contributed by atoms with Crippen LogP contribution in [0.3, 0.4) is 0 Å². The van der Waals surface area contributed by atoms with E-state index in [1.54, 1.807) is 6.92 Å². The highest BCUT2D eigenvalue weighted by molar-refractivity contribution is 8.93. The van der Waals surface area contributed by atoms with Gasteiger partial charge in [0.15, 0.2) is 11.5 Å². The Labute approximate surface area is 103 Å². The first-order valence-corrected chi connectivity index (χ1v) is 4.53. The number of fused-ring (bicyclic) bond motifs is 1. The molecule has 2 rings (SSSR count). The predicted octanol–water partition coefficient (Wildman–Crippen LogP) is 1.23. The maximum atomic E-state index is 11.4. The molecule has 1 aliphatic rings. The van der Waals surface area contributed by atoms with Gasteiger partial charge in [-0.1, -0.05) is 6.07 Å². The topological polar surface area (TPSA) is 92.8 Å². The number of aromatic hydroxyl groups is 2. The number of hydrogen-bond acceptors (Lipinski definition) is 5. The molecule has 1 aliphatic heterocycles. The molecule has 2 atom stereocenters. The van der Waals surface area contributed by atoms with Gasteiger partial charge in [-0.2, -0.15) is 0 Å². The van der Waals surface area contributed by atoms with E-state index < -0.39 is 17.8 Å². The SMILES string of the molecule is Br.CC(N)C1OC(=O)c2c1ccc(O)c2O. The first kappa shape index (κ1) is 12.8. The van der Waals surface area contributed by atoms with Crippen molar-refractivity contribution >= 4 is 23.0 Å². The van der Waals surface area contributed by atoms with Gasteiger partial charge in [0.2, 0.25) is 0 Å². The number of halogens is 1. The number of ether oxygens (including phenoxy) is 1. The van der Waals surface area contributed by atoms with Gasteiger partial charge in [0.25, 0.3) is 0 Å². The van der Waals surface area contributed by atoms with E-state index in [9.17, 15) is 15.0 Å². The van der Waals surface area contributed by atoms with Crippen molar-refractivity contribution in [1.29, 1.82) is 0 Å². The van der Waals surface area contributed by atoms with E-state index in [-0.39, 0.29) is 34.3 Å². The molecule has 0 fully saturated rings. The highest BCUT2D eigenvalue weighted by Crippen LogP contribution is 2.41. The Hall–Kier alpha value is -1.27. The van der Waals surface area contributed by atoms with Crippen molar-refractivity contribution in [2.45, 2.75) is 19.1 Å². The van der Waals surface area contributed by atoms with Crippen LogP contribution in [0.1, 0.15) is 28.9 Å². The number of rotatable bonds is 1. The number of phenols is 2. The van der Waals surface area contributed by atoms with Crippen LogP contribution in [-0.4, -0.2) is 22.2 Å². The Morgan fingerprint density at radius 2 is 2.06 bits per heavy atom. The Morgan fingerprint density at radius 3 is 2.62 bits per heavy atom. The smallest absolute Gasteiger partial charge is 0.343 e. The first-order chi connectivity index (χ1) is 7.02. The second kappa shape index (κ2) is 4.31. The fraction of sp³-hybridized carbons (Fsp3) is 0.300. The van der Waals surface area contributed by atoms with Gasteiger partial charge in [-0.3, -0.25) is 0 Å². The van der Waals surface area contributed by atoms with E-state index >= 15 is 0 Å². The van der Waals surface area contributed by atoms with E-state index in [1.165, 1.54) is 12.1 Å². The van der Waals surface area contributed by atoms with Gasteiger partial charge < -0.3 is 20.7 Å². The van der Waals surface area contributed by atoms with Crippen LogP contribution in [0.2, 0.25) is 0 Å². The molecule has 4 N–H and O–H groups in total. The van der Waals surface area contributed by atoms with E-state index in [0.717, 1.165) is 0 Å². The number of carbonyl (C=O) groups excluding carboxylic acids is 1. The van der Waals surface area contributed by atoms with Crippen LogP contribution in [0.4, 0.5) is 0 Å². The molecule has 6 heteroatoms. The van der Waals surface area contributed by atoms with Crippen molar-refractivity contribution in [2.75, 3.05) is 0 Å². The Balaban J connectivity index is 0.00000128. The molecule has 1 aromatic rings. The number of nitrogens with two attached hydrogens (primary N) is 1. The molecule has 0 aromatic heterocycles. The van der Waals surface area contributed by atoms with Crippen molar-refractivity contribution in [3.8, 4) is 11.5 Å². The van der Waals surface area contributed by atoms with Gasteiger partial charge in [0, 0.05) is 11.6 Å². The summed E-state index contributed by atoms with van der Waals surface area (Å²) in [5, 5.41) is 18.7. The standard InChI is InChI=1S/C10H11NO4.BrH/c1-4(11)9-5-2-3-6(12)8(13)7(5)10(14)15-9;/h2-4,9,12-13H,11H2,1H3;1H. The molecule has 5 nitrogen and oxygen atoms in total. The second-order valence-corrected chi connectivity index (χ2v) is 3.58. The van der Waals surface area contributed by atoms with Gasteiger partial charge in [0.05, 0.1) is 0 Å². The van der Waals surface area contributed by atoms with E-state index in [1.807, 2.05) is 0 Å². The lowest BCUT2D eigenvalue weighted by molar-refractivity contribution is 0.0340. The molecule has 0 saturated carbocycles. The lowest BCUT2D eigenvalue weighted by Crippen LogP contribution is -2.24. The minimum atomic E-state index is -0.652. The third-order valence-electron chi connectivity index (χ3n) is 2.41. The van der Waals surface area contributed by atoms with Gasteiger partial charge in [-0.25, -0.2) is 4.79 Å². The summed E-state index contributed by atoms with van der Waals surface area (Å²) in [7, 11) is 0. The lowest BCUT2D eigenvalue weighted by Gasteiger charge is -2.14. The molecule has 0 amide bonds. The molecule has 2 unspecified atom stereocenters. The van der Waals surface area contributed by atoms with Crippen LogP contribution < -0.4 is 5.73 Å². The molecule has 0 bridgehead atoms. The lowest BCUT2D eigenvalue weighted by atomic mass is 10.00. The largest absolute Gasteiger partial charge is 0.504 e.